The van der Waals surface area contributed by atoms with Gasteiger partial charge in [0.1, 0.15) is 0 Å². The molecule has 1 saturated carbocycles. The Labute approximate surface area is 117 Å². The van der Waals surface area contributed by atoms with Crippen LogP contribution in [0.25, 0.3) is 0 Å². The van der Waals surface area contributed by atoms with Crippen LogP contribution in [0.4, 0.5) is 0 Å². The van der Waals surface area contributed by atoms with E-state index >= 15 is 0 Å². The molecule has 0 bridgehead atoms. The molecular formula is C17H26N2. The highest BCUT2D eigenvalue weighted by Crippen LogP contribution is 2.36. The molecule has 0 spiro atoms. The molecule has 2 aliphatic rings. The first-order chi connectivity index (χ1) is 9.39. The Kier molecular flexibility index (Phi) is 4.19. The van der Waals surface area contributed by atoms with Crippen molar-refractivity contribution in [3.8, 4) is 0 Å². The molecule has 0 atom stereocenters. The molecule has 2 fully saturated rings. The lowest BCUT2D eigenvalue weighted by molar-refractivity contribution is 0.0393. The van der Waals surface area contributed by atoms with Gasteiger partial charge in [0.2, 0.25) is 0 Å². The molecule has 1 N–H and O–H groups in total. The Morgan fingerprint density at radius 2 is 1.63 bits per heavy atom. The second-order valence-corrected chi connectivity index (χ2v) is 6.18. The summed E-state index contributed by atoms with van der Waals surface area (Å²) < 4.78 is 0. The monoisotopic (exact) mass is 258 g/mol. The topological polar surface area (TPSA) is 15.3 Å². The summed E-state index contributed by atoms with van der Waals surface area (Å²) in [6.45, 7) is 4.78. The summed E-state index contributed by atoms with van der Waals surface area (Å²) in [6, 6.07) is 11.1. The summed E-state index contributed by atoms with van der Waals surface area (Å²) in [4.78, 5) is 2.79. The van der Waals surface area contributed by atoms with Crippen LogP contribution < -0.4 is 5.32 Å². The minimum atomic E-state index is 0.446. The minimum absolute atomic E-state index is 0.446. The molecule has 0 unspecified atom stereocenters. The highest BCUT2D eigenvalue weighted by molar-refractivity contribution is 5.18. The van der Waals surface area contributed by atoms with Crippen molar-refractivity contribution in [2.75, 3.05) is 26.2 Å². The standard InChI is InChI=1S/C17H26N2/c1-3-7-16(8-4-1)15-17(9-5-2-6-10-17)19-13-11-18-12-14-19/h1,3-4,7-8,18H,2,5-6,9-15H2. The van der Waals surface area contributed by atoms with E-state index in [9.17, 15) is 0 Å². The van der Waals surface area contributed by atoms with Gasteiger partial charge in [0, 0.05) is 31.7 Å². The van der Waals surface area contributed by atoms with Crippen molar-refractivity contribution in [2.24, 2.45) is 0 Å². The maximum Gasteiger partial charge on any atom is 0.0250 e. The summed E-state index contributed by atoms with van der Waals surface area (Å²) >= 11 is 0. The third-order valence-electron chi connectivity index (χ3n) is 4.95. The van der Waals surface area contributed by atoms with Gasteiger partial charge in [0.05, 0.1) is 0 Å². The quantitative estimate of drug-likeness (QED) is 0.897. The molecule has 1 aliphatic heterocycles. The van der Waals surface area contributed by atoms with Crippen molar-refractivity contribution in [3.63, 3.8) is 0 Å². The van der Waals surface area contributed by atoms with Gasteiger partial charge in [-0.2, -0.15) is 0 Å². The van der Waals surface area contributed by atoms with Crippen molar-refractivity contribution >= 4 is 0 Å². The van der Waals surface area contributed by atoms with Crippen LogP contribution in [-0.4, -0.2) is 36.6 Å². The van der Waals surface area contributed by atoms with Crippen molar-refractivity contribution in [2.45, 2.75) is 44.1 Å². The van der Waals surface area contributed by atoms with E-state index in [-0.39, 0.29) is 0 Å². The lowest BCUT2D eigenvalue weighted by atomic mass is 9.76. The number of nitrogens with one attached hydrogen (secondary N) is 1. The molecular weight excluding hydrogens is 232 g/mol. The van der Waals surface area contributed by atoms with Gasteiger partial charge in [0.25, 0.3) is 0 Å². The molecule has 2 heteroatoms. The van der Waals surface area contributed by atoms with Gasteiger partial charge in [-0.25, -0.2) is 0 Å². The van der Waals surface area contributed by atoms with Crippen molar-refractivity contribution in [1.29, 1.82) is 0 Å². The van der Waals surface area contributed by atoms with Crippen LogP contribution in [-0.2, 0) is 6.42 Å². The zero-order chi connectivity index (χ0) is 13.0. The third kappa shape index (κ3) is 3.01. The Morgan fingerprint density at radius 3 is 2.32 bits per heavy atom. The normalized spacial score (nSPS) is 24.2. The predicted octanol–water partition coefficient (Wildman–Crippen LogP) is 2.84. The molecule has 19 heavy (non-hydrogen) atoms. The molecule has 1 aromatic rings. The van der Waals surface area contributed by atoms with Crippen LogP contribution in [0.15, 0.2) is 30.3 Å². The van der Waals surface area contributed by atoms with Crippen molar-refractivity contribution in [1.82, 2.24) is 10.2 Å². The molecule has 3 rings (SSSR count). The Bertz CT molecular complexity index is 376. The molecule has 0 aromatic heterocycles. The van der Waals surface area contributed by atoms with Gasteiger partial charge in [-0.15, -0.1) is 0 Å². The zero-order valence-electron chi connectivity index (χ0n) is 11.9. The third-order valence-corrected chi connectivity index (χ3v) is 4.95. The average Bonchev–Trinajstić information content (AvgIpc) is 2.50. The van der Waals surface area contributed by atoms with E-state index in [4.69, 9.17) is 0 Å². The van der Waals surface area contributed by atoms with E-state index in [0.29, 0.717) is 5.54 Å². The van der Waals surface area contributed by atoms with Gasteiger partial charge in [-0.05, 0) is 24.8 Å². The van der Waals surface area contributed by atoms with E-state index in [1.807, 2.05) is 0 Å². The smallest absolute Gasteiger partial charge is 0.0250 e. The largest absolute Gasteiger partial charge is 0.314 e. The lowest BCUT2D eigenvalue weighted by Gasteiger charge is -2.48. The number of piperazine rings is 1. The summed E-state index contributed by atoms with van der Waals surface area (Å²) in [7, 11) is 0. The molecule has 0 radical (unpaired) electrons. The predicted molar refractivity (Wildman–Crippen MR) is 80.4 cm³/mol. The van der Waals surface area contributed by atoms with Gasteiger partial charge < -0.3 is 5.32 Å². The second kappa shape index (κ2) is 6.06. The number of hydrogen-bond acceptors (Lipinski definition) is 2. The van der Waals surface area contributed by atoms with Crippen molar-refractivity contribution in [3.05, 3.63) is 35.9 Å². The van der Waals surface area contributed by atoms with E-state index < -0.39 is 0 Å². The maximum absolute atomic E-state index is 3.49. The van der Waals surface area contributed by atoms with Crippen LogP contribution >= 0.6 is 0 Å². The highest BCUT2D eigenvalue weighted by Gasteiger charge is 2.38. The summed E-state index contributed by atoms with van der Waals surface area (Å²) in [5, 5.41) is 3.49. The number of rotatable bonds is 3. The Morgan fingerprint density at radius 1 is 0.947 bits per heavy atom. The van der Waals surface area contributed by atoms with Crippen LogP contribution in [0, 0.1) is 0 Å². The summed E-state index contributed by atoms with van der Waals surface area (Å²) in [6.07, 6.45) is 8.29. The fraction of sp³-hybridized carbons (Fsp3) is 0.647. The fourth-order valence-electron chi connectivity index (χ4n) is 3.93. The molecule has 1 aliphatic carbocycles. The van der Waals surface area contributed by atoms with Gasteiger partial charge in [0.15, 0.2) is 0 Å². The summed E-state index contributed by atoms with van der Waals surface area (Å²) in [5.74, 6) is 0. The molecule has 104 valence electrons. The van der Waals surface area contributed by atoms with E-state index in [1.165, 1.54) is 57.2 Å². The van der Waals surface area contributed by atoms with E-state index in [2.05, 4.69) is 40.5 Å². The van der Waals surface area contributed by atoms with Crippen LogP contribution in [0.2, 0.25) is 0 Å². The first kappa shape index (κ1) is 13.1. The molecule has 1 heterocycles. The molecule has 1 saturated heterocycles. The van der Waals surface area contributed by atoms with Gasteiger partial charge in [-0.3, -0.25) is 4.90 Å². The Hall–Kier alpha value is -0.860. The van der Waals surface area contributed by atoms with Crippen LogP contribution in [0.3, 0.4) is 0 Å². The van der Waals surface area contributed by atoms with Crippen molar-refractivity contribution < 1.29 is 0 Å². The maximum atomic E-state index is 3.49. The fourth-order valence-corrected chi connectivity index (χ4v) is 3.93. The molecule has 1 aromatic carbocycles. The van der Waals surface area contributed by atoms with Gasteiger partial charge in [-0.1, -0.05) is 49.6 Å². The average molecular weight is 258 g/mol. The van der Waals surface area contributed by atoms with Crippen LogP contribution in [0.1, 0.15) is 37.7 Å². The van der Waals surface area contributed by atoms with E-state index in [1.54, 1.807) is 0 Å². The molecule has 2 nitrogen and oxygen atoms in total. The number of benzene rings is 1. The van der Waals surface area contributed by atoms with Crippen LogP contribution in [0.5, 0.6) is 0 Å². The number of nitrogens with zero attached hydrogens (tertiary/aromatic N) is 1. The first-order valence-corrected chi connectivity index (χ1v) is 7.89. The Balaban J connectivity index is 1.79. The molecule has 0 amide bonds. The summed E-state index contributed by atoms with van der Waals surface area (Å²) in [5.41, 5.74) is 1.96. The second-order valence-electron chi connectivity index (χ2n) is 6.18. The number of hydrogen-bond donors (Lipinski definition) is 1. The highest BCUT2D eigenvalue weighted by atomic mass is 15.2. The van der Waals surface area contributed by atoms with E-state index in [0.717, 1.165) is 13.1 Å². The lowest BCUT2D eigenvalue weighted by Crippen LogP contribution is -2.58. The SMILES string of the molecule is c1ccc(CC2(N3CCNCC3)CCCCC2)cc1. The first-order valence-electron chi connectivity index (χ1n) is 7.89. The minimum Gasteiger partial charge on any atom is -0.314 e. The van der Waals surface area contributed by atoms with Gasteiger partial charge >= 0.3 is 0 Å². The zero-order valence-corrected chi connectivity index (χ0v) is 11.9.